The predicted molar refractivity (Wildman–Crippen MR) is 125 cm³/mol. The van der Waals surface area contributed by atoms with Gasteiger partial charge in [-0.3, -0.25) is 4.79 Å². The number of amides is 3. The van der Waals surface area contributed by atoms with Gasteiger partial charge in [0.25, 0.3) is 5.91 Å². The van der Waals surface area contributed by atoms with E-state index >= 15 is 0 Å². The van der Waals surface area contributed by atoms with Crippen LogP contribution in [0.4, 0.5) is 26.2 Å². The smallest absolute Gasteiger partial charge is 0.323 e. The van der Waals surface area contributed by atoms with Crippen molar-refractivity contribution in [1.82, 2.24) is 4.98 Å². The number of fused-ring (bicyclic) bond motifs is 2. The van der Waals surface area contributed by atoms with E-state index in [1.807, 2.05) is 30.5 Å². The van der Waals surface area contributed by atoms with Crippen LogP contribution in [0.1, 0.15) is 11.1 Å². The molecule has 0 saturated carbocycles. The normalized spacial score (nSPS) is 12.9. The zero-order valence-electron chi connectivity index (χ0n) is 17.8. The van der Waals surface area contributed by atoms with Gasteiger partial charge in [-0.2, -0.15) is 0 Å². The monoisotopic (exact) mass is 444 g/mol. The van der Waals surface area contributed by atoms with Crippen LogP contribution in [-0.4, -0.2) is 23.5 Å². The summed E-state index contributed by atoms with van der Waals surface area (Å²) in [4.78, 5) is 29.7. The van der Waals surface area contributed by atoms with Crippen molar-refractivity contribution >= 4 is 39.9 Å². The number of nitrogens with one attached hydrogen (secondary N) is 3. The van der Waals surface area contributed by atoms with E-state index in [0.717, 1.165) is 16.5 Å². The van der Waals surface area contributed by atoms with Gasteiger partial charge in [-0.25, -0.2) is 9.18 Å². The molecular weight excluding hydrogens is 423 g/mol. The molecule has 1 aromatic heterocycles. The van der Waals surface area contributed by atoms with Gasteiger partial charge in [-0.05, 0) is 59.8 Å². The minimum absolute atomic E-state index is 0.112. The number of hydrogen-bond acceptors (Lipinski definition) is 3. The number of rotatable bonds is 4. The summed E-state index contributed by atoms with van der Waals surface area (Å²) in [6.45, 7) is 1.87. The molecule has 33 heavy (non-hydrogen) atoms. The Kier molecular flexibility index (Phi) is 5.18. The van der Waals surface area contributed by atoms with Crippen molar-refractivity contribution in [1.29, 1.82) is 0 Å². The highest BCUT2D eigenvalue weighted by atomic mass is 19.1. The van der Waals surface area contributed by atoms with Crippen molar-refractivity contribution in [3.8, 4) is 5.75 Å². The van der Waals surface area contributed by atoms with E-state index in [1.54, 1.807) is 42.2 Å². The van der Waals surface area contributed by atoms with Crippen LogP contribution in [0.15, 0.2) is 66.9 Å². The molecule has 8 heteroatoms. The lowest BCUT2D eigenvalue weighted by molar-refractivity contribution is -0.121. The van der Waals surface area contributed by atoms with Gasteiger partial charge >= 0.3 is 6.03 Å². The number of benzene rings is 3. The number of carbonyl (C=O) groups is 2. The number of hydrogen-bond donors (Lipinski definition) is 3. The number of ether oxygens (including phenoxy) is 1. The summed E-state index contributed by atoms with van der Waals surface area (Å²) in [5.41, 5.74) is 4.04. The number of carbonyl (C=O) groups excluding carboxylic acids is 2. The number of aryl methyl sites for hydroxylation is 1. The Labute approximate surface area is 189 Å². The van der Waals surface area contributed by atoms with E-state index in [9.17, 15) is 14.0 Å². The van der Waals surface area contributed by atoms with E-state index in [2.05, 4.69) is 15.6 Å². The maximum atomic E-state index is 13.6. The maximum Gasteiger partial charge on any atom is 0.323 e. The van der Waals surface area contributed by atoms with E-state index < -0.39 is 6.03 Å². The number of urea groups is 1. The Morgan fingerprint density at radius 1 is 1.06 bits per heavy atom. The summed E-state index contributed by atoms with van der Waals surface area (Å²) in [5, 5.41) is 6.65. The summed E-state index contributed by atoms with van der Waals surface area (Å²) in [6.07, 6.45) is 1.84. The van der Waals surface area contributed by atoms with E-state index in [1.165, 1.54) is 6.07 Å². The maximum absolute atomic E-state index is 13.6. The molecule has 3 aromatic carbocycles. The number of halogens is 1. The minimum atomic E-state index is -0.397. The molecule has 0 bridgehead atoms. The van der Waals surface area contributed by atoms with Crippen LogP contribution in [0.5, 0.6) is 5.75 Å². The first-order valence-corrected chi connectivity index (χ1v) is 10.4. The summed E-state index contributed by atoms with van der Waals surface area (Å²) in [7, 11) is 0. The Morgan fingerprint density at radius 3 is 2.67 bits per heavy atom. The van der Waals surface area contributed by atoms with Gasteiger partial charge in [0.05, 0.1) is 12.2 Å². The number of H-pyrrole nitrogens is 1. The second kappa shape index (κ2) is 8.31. The molecule has 0 atom stereocenters. The van der Waals surface area contributed by atoms with Gasteiger partial charge in [-0.1, -0.05) is 18.2 Å². The molecule has 166 valence electrons. The van der Waals surface area contributed by atoms with E-state index in [4.69, 9.17) is 4.74 Å². The third-order valence-corrected chi connectivity index (χ3v) is 5.54. The Morgan fingerprint density at radius 2 is 1.85 bits per heavy atom. The summed E-state index contributed by atoms with van der Waals surface area (Å²) < 4.78 is 19.2. The minimum Gasteiger partial charge on any atom is -0.481 e. The molecule has 0 spiro atoms. The molecule has 1 aliphatic heterocycles. The third kappa shape index (κ3) is 4.23. The van der Waals surface area contributed by atoms with Crippen molar-refractivity contribution in [2.45, 2.75) is 13.5 Å². The predicted octanol–water partition coefficient (Wildman–Crippen LogP) is 5.19. The number of aromatic amines is 1. The van der Waals surface area contributed by atoms with Crippen molar-refractivity contribution < 1.29 is 18.7 Å². The summed E-state index contributed by atoms with van der Waals surface area (Å²) in [5.74, 6) is 0.0101. The molecule has 0 radical (unpaired) electrons. The van der Waals surface area contributed by atoms with Crippen LogP contribution in [-0.2, 0) is 11.3 Å². The Hall–Kier alpha value is -4.33. The van der Waals surface area contributed by atoms with Crippen LogP contribution in [0.25, 0.3) is 10.9 Å². The summed E-state index contributed by atoms with van der Waals surface area (Å²) in [6, 6.07) is 17.1. The third-order valence-electron chi connectivity index (χ3n) is 5.54. The molecule has 7 nitrogen and oxygen atoms in total. The first-order chi connectivity index (χ1) is 16.0. The van der Waals surface area contributed by atoms with Gasteiger partial charge in [-0.15, -0.1) is 0 Å². The van der Waals surface area contributed by atoms with Crippen molar-refractivity contribution in [2.75, 3.05) is 22.1 Å². The van der Waals surface area contributed by atoms with Gasteiger partial charge in [0.2, 0.25) is 0 Å². The lowest BCUT2D eigenvalue weighted by Crippen LogP contribution is -2.38. The zero-order valence-corrected chi connectivity index (χ0v) is 17.8. The second-order valence-electron chi connectivity index (χ2n) is 7.89. The highest BCUT2D eigenvalue weighted by Gasteiger charge is 2.26. The number of nitrogens with zero attached hydrogens (tertiary/aromatic N) is 1. The molecular formula is C25H21FN4O3. The average molecular weight is 444 g/mol. The van der Waals surface area contributed by atoms with Gasteiger partial charge < -0.3 is 25.3 Å². The van der Waals surface area contributed by atoms with Crippen LogP contribution < -0.4 is 20.3 Å². The Bertz CT molecular complexity index is 1380. The van der Waals surface area contributed by atoms with Crippen molar-refractivity contribution in [2.24, 2.45) is 0 Å². The molecule has 3 amide bonds. The molecule has 1 aliphatic rings. The highest BCUT2D eigenvalue weighted by molar-refractivity contribution is 6.02. The molecule has 0 saturated heterocycles. The van der Waals surface area contributed by atoms with E-state index in [-0.39, 0.29) is 18.3 Å². The van der Waals surface area contributed by atoms with Gasteiger partial charge in [0, 0.05) is 29.2 Å². The van der Waals surface area contributed by atoms with Gasteiger partial charge in [0.15, 0.2) is 6.61 Å². The van der Waals surface area contributed by atoms with Crippen molar-refractivity contribution in [3.05, 3.63) is 83.8 Å². The molecule has 5 rings (SSSR count). The molecule has 4 aromatic rings. The number of aromatic nitrogens is 1. The standard InChI is InChI=1S/C25H21FN4O3/c1-15-10-16(2-6-20(15)26)13-30-22-7-5-19(12-23(22)33-14-24(30)31)29-25(32)28-18-4-3-17-8-9-27-21(17)11-18/h2-12,27H,13-14H2,1H3,(H2,28,29,32). The summed E-state index contributed by atoms with van der Waals surface area (Å²) >= 11 is 0. The fourth-order valence-corrected chi connectivity index (χ4v) is 3.86. The highest BCUT2D eigenvalue weighted by Crippen LogP contribution is 2.35. The van der Waals surface area contributed by atoms with Crippen LogP contribution in [0, 0.1) is 12.7 Å². The first kappa shape index (κ1) is 20.6. The van der Waals surface area contributed by atoms with E-state index in [0.29, 0.717) is 34.9 Å². The molecule has 0 fully saturated rings. The molecule has 2 heterocycles. The topological polar surface area (TPSA) is 86.5 Å². The lowest BCUT2D eigenvalue weighted by Gasteiger charge is -2.30. The van der Waals surface area contributed by atoms with Crippen LogP contribution in [0.2, 0.25) is 0 Å². The molecule has 0 unspecified atom stereocenters. The van der Waals surface area contributed by atoms with Gasteiger partial charge in [0.1, 0.15) is 11.6 Å². The number of anilines is 3. The average Bonchev–Trinajstić information content (AvgIpc) is 3.26. The fourth-order valence-electron chi connectivity index (χ4n) is 3.86. The molecule has 3 N–H and O–H groups in total. The molecule has 0 aliphatic carbocycles. The van der Waals surface area contributed by atoms with Crippen LogP contribution in [0.3, 0.4) is 0 Å². The fraction of sp³-hybridized carbons (Fsp3) is 0.120. The lowest BCUT2D eigenvalue weighted by atomic mass is 10.1. The second-order valence-corrected chi connectivity index (χ2v) is 7.89. The first-order valence-electron chi connectivity index (χ1n) is 10.4. The largest absolute Gasteiger partial charge is 0.481 e. The van der Waals surface area contributed by atoms with Crippen LogP contribution >= 0.6 is 0 Å². The Balaban J connectivity index is 1.31. The SMILES string of the molecule is Cc1cc(CN2C(=O)COc3cc(NC(=O)Nc4ccc5cc[nH]c5c4)ccc32)ccc1F. The quantitative estimate of drug-likeness (QED) is 0.405. The zero-order chi connectivity index (χ0) is 22.9. The van der Waals surface area contributed by atoms with Crippen molar-refractivity contribution in [3.63, 3.8) is 0 Å².